The van der Waals surface area contributed by atoms with Crippen molar-refractivity contribution in [1.82, 2.24) is 9.80 Å². The number of nitrogens with one attached hydrogen (secondary N) is 1. The Hall–Kier alpha value is -2.51. The van der Waals surface area contributed by atoms with E-state index in [0.717, 1.165) is 34.7 Å². The van der Waals surface area contributed by atoms with Crippen molar-refractivity contribution in [3.8, 4) is 0 Å². The van der Waals surface area contributed by atoms with Crippen LogP contribution in [0.1, 0.15) is 29.3 Å². The van der Waals surface area contributed by atoms with E-state index in [1.165, 1.54) is 9.78 Å². The molecule has 2 aromatic rings. The molecule has 7 heteroatoms. The van der Waals surface area contributed by atoms with Gasteiger partial charge in [0.25, 0.3) is 0 Å². The molecule has 2 atom stereocenters. The number of hydrogen-bond donors (Lipinski definition) is 1. The normalized spacial score (nSPS) is 23.3. The monoisotopic (exact) mass is 370 g/mol. The molecule has 0 saturated carbocycles. The average molecular weight is 370 g/mol. The van der Waals surface area contributed by atoms with Gasteiger partial charge in [-0.15, -0.1) is 11.3 Å². The van der Waals surface area contributed by atoms with Crippen LogP contribution in [-0.2, 0) is 16.1 Å². The van der Waals surface area contributed by atoms with Gasteiger partial charge in [-0.05, 0) is 17.0 Å². The van der Waals surface area contributed by atoms with Crippen LogP contribution in [-0.4, -0.2) is 40.9 Å². The van der Waals surface area contributed by atoms with Gasteiger partial charge in [0, 0.05) is 12.8 Å². The quantitative estimate of drug-likeness (QED) is 0.640. The second-order valence-corrected chi connectivity index (χ2v) is 7.65. The van der Waals surface area contributed by atoms with Crippen LogP contribution in [0.2, 0.25) is 0 Å². The number of rotatable bonds is 5. The maximum atomic E-state index is 12.7. The largest absolute Gasteiger partial charge is 0.339 e. The van der Waals surface area contributed by atoms with Crippen LogP contribution in [0.25, 0.3) is 0 Å². The standard InChI is InChI=1S/C19H19N3O3S/c23-17-18(24)22(19(25)21(17)12-14-6-2-1-3-7-14)13-20-10-4-8-15(20)16-9-5-11-26-16/h1-3,5-7,9,11,15H,4,8,10,12-13H2/p+1/t15-/m0/s1. The minimum absolute atomic E-state index is 0.129. The first-order valence-corrected chi connectivity index (χ1v) is 9.62. The number of likely N-dealkylation sites (tertiary alicyclic amines) is 1. The number of thiophene rings is 1. The molecule has 0 radical (unpaired) electrons. The van der Waals surface area contributed by atoms with Crippen LogP contribution in [0, 0.1) is 0 Å². The molecule has 1 unspecified atom stereocenters. The lowest BCUT2D eigenvalue weighted by Crippen LogP contribution is -3.12. The molecule has 6 nitrogen and oxygen atoms in total. The number of imide groups is 2. The van der Waals surface area contributed by atoms with Gasteiger partial charge in [0.05, 0.1) is 18.0 Å². The SMILES string of the molecule is O=C1C(=O)N(C[NH+]2CCC[C@H]2c2cccs2)C(=O)N1Cc1ccccc1. The Labute approximate surface area is 155 Å². The molecule has 2 saturated heterocycles. The fourth-order valence-corrected chi connectivity index (χ4v) is 4.65. The summed E-state index contributed by atoms with van der Waals surface area (Å²) in [6, 6.07) is 13.1. The van der Waals surface area contributed by atoms with Crippen LogP contribution in [0.4, 0.5) is 4.79 Å². The van der Waals surface area contributed by atoms with E-state index in [4.69, 9.17) is 0 Å². The summed E-state index contributed by atoms with van der Waals surface area (Å²) in [4.78, 5) is 42.0. The Balaban J connectivity index is 1.49. The molecule has 26 heavy (non-hydrogen) atoms. The predicted octanol–water partition coefficient (Wildman–Crippen LogP) is 1.42. The second kappa shape index (κ2) is 7.01. The maximum absolute atomic E-state index is 12.7. The zero-order valence-corrected chi connectivity index (χ0v) is 15.1. The van der Waals surface area contributed by atoms with Crippen molar-refractivity contribution in [3.63, 3.8) is 0 Å². The van der Waals surface area contributed by atoms with Gasteiger partial charge < -0.3 is 4.90 Å². The molecule has 3 heterocycles. The third kappa shape index (κ3) is 3.04. The Morgan fingerprint density at radius 2 is 1.77 bits per heavy atom. The minimum atomic E-state index is -0.731. The summed E-state index contributed by atoms with van der Waals surface area (Å²) in [7, 11) is 0. The Kier molecular flexibility index (Phi) is 4.57. The van der Waals surface area contributed by atoms with Crippen molar-refractivity contribution in [2.24, 2.45) is 0 Å². The van der Waals surface area contributed by atoms with Gasteiger partial charge in [0.15, 0.2) is 6.67 Å². The minimum Gasteiger partial charge on any atom is -0.310 e. The molecule has 2 fully saturated rings. The molecule has 0 bridgehead atoms. The van der Waals surface area contributed by atoms with E-state index in [0.29, 0.717) is 0 Å². The Morgan fingerprint density at radius 1 is 1.00 bits per heavy atom. The van der Waals surface area contributed by atoms with E-state index in [1.807, 2.05) is 41.8 Å². The van der Waals surface area contributed by atoms with E-state index in [-0.39, 0.29) is 19.3 Å². The summed E-state index contributed by atoms with van der Waals surface area (Å²) in [5.74, 6) is -1.44. The number of amides is 4. The van der Waals surface area contributed by atoms with Crippen LogP contribution in [0.5, 0.6) is 0 Å². The van der Waals surface area contributed by atoms with Crippen molar-refractivity contribution in [3.05, 3.63) is 58.3 Å². The van der Waals surface area contributed by atoms with E-state index in [9.17, 15) is 14.4 Å². The second-order valence-electron chi connectivity index (χ2n) is 6.67. The molecule has 4 amide bonds. The number of quaternary nitrogens is 1. The molecule has 134 valence electrons. The molecular weight excluding hydrogens is 350 g/mol. The van der Waals surface area contributed by atoms with E-state index in [2.05, 4.69) is 6.07 Å². The number of benzene rings is 1. The van der Waals surface area contributed by atoms with Crippen LogP contribution in [0.15, 0.2) is 47.8 Å². The van der Waals surface area contributed by atoms with Crippen molar-refractivity contribution in [2.75, 3.05) is 13.2 Å². The number of urea groups is 1. The summed E-state index contributed by atoms with van der Waals surface area (Å²) in [6.07, 6.45) is 2.09. The fourth-order valence-electron chi connectivity index (χ4n) is 3.73. The van der Waals surface area contributed by atoms with Crippen molar-refractivity contribution in [2.45, 2.75) is 25.4 Å². The predicted molar refractivity (Wildman–Crippen MR) is 96.2 cm³/mol. The molecule has 1 N–H and O–H groups in total. The molecular formula is C19H20N3O3S+. The number of nitrogens with zero attached hydrogens (tertiary/aromatic N) is 2. The van der Waals surface area contributed by atoms with Gasteiger partial charge in [0.1, 0.15) is 6.04 Å². The Morgan fingerprint density at radius 3 is 2.50 bits per heavy atom. The smallest absolute Gasteiger partial charge is 0.310 e. The molecule has 0 aliphatic carbocycles. The number of carbonyl (C=O) groups excluding carboxylic acids is 3. The third-order valence-corrected chi connectivity index (χ3v) is 6.04. The summed E-state index contributed by atoms with van der Waals surface area (Å²) >= 11 is 1.70. The zero-order chi connectivity index (χ0) is 18.1. The first-order valence-electron chi connectivity index (χ1n) is 8.74. The molecule has 2 aliphatic rings. The highest BCUT2D eigenvalue weighted by Gasteiger charge is 2.47. The van der Waals surface area contributed by atoms with E-state index in [1.54, 1.807) is 11.3 Å². The van der Waals surface area contributed by atoms with Crippen LogP contribution in [0.3, 0.4) is 0 Å². The lowest BCUT2D eigenvalue weighted by Gasteiger charge is -2.24. The first kappa shape index (κ1) is 16.9. The Bertz CT molecular complexity index is 822. The summed E-state index contributed by atoms with van der Waals surface area (Å²) in [5, 5.41) is 2.04. The van der Waals surface area contributed by atoms with Gasteiger partial charge in [-0.25, -0.2) is 9.69 Å². The molecule has 1 aromatic carbocycles. The van der Waals surface area contributed by atoms with Crippen molar-refractivity contribution < 1.29 is 19.3 Å². The van der Waals surface area contributed by atoms with Crippen LogP contribution < -0.4 is 4.90 Å². The summed E-state index contributed by atoms with van der Waals surface area (Å²) in [5.41, 5.74) is 0.828. The highest BCUT2D eigenvalue weighted by molar-refractivity contribution is 7.10. The van der Waals surface area contributed by atoms with E-state index >= 15 is 0 Å². The summed E-state index contributed by atoms with van der Waals surface area (Å²) < 4.78 is 0. The van der Waals surface area contributed by atoms with Gasteiger partial charge >= 0.3 is 17.8 Å². The van der Waals surface area contributed by atoms with Gasteiger partial charge in [-0.3, -0.25) is 14.5 Å². The molecule has 4 rings (SSSR count). The van der Waals surface area contributed by atoms with Crippen molar-refractivity contribution >= 4 is 29.2 Å². The van der Waals surface area contributed by atoms with Crippen LogP contribution >= 0.6 is 11.3 Å². The van der Waals surface area contributed by atoms with Gasteiger partial charge in [-0.1, -0.05) is 36.4 Å². The molecule has 1 aromatic heterocycles. The number of hydrogen-bond acceptors (Lipinski definition) is 4. The fraction of sp³-hybridized carbons (Fsp3) is 0.316. The lowest BCUT2D eigenvalue weighted by atomic mass is 10.2. The zero-order valence-electron chi connectivity index (χ0n) is 14.3. The van der Waals surface area contributed by atoms with Gasteiger partial charge in [0.2, 0.25) is 0 Å². The average Bonchev–Trinajstić information content (AvgIpc) is 3.37. The topological polar surface area (TPSA) is 62.1 Å². The first-order chi connectivity index (χ1) is 12.6. The van der Waals surface area contributed by atoms with Gasteiger partial charge in [-0.2, -0.15) is 0 Å². The molecule has 2 aliphatic heterocycles. The highest BCUT2D eigenvalue weighted by atomic mass is 32.1. The molecule has 0 spiro atoms. The van der Waals surface area contributed by atoms with E-state index < -0.39 is 17.8 Å². The third-order valence-electron chi connectivity index (χ3n) is 5.05. The highest BCUT2D eigenvalue weighted by Crippen LogP contribution is 2.24. The van der Waals surface area contributed by atoms with Crippen molar-refractivity contribution in [1.29, 1.82) is 0 Å². The summed E-state index contributed by atoms with van der Waals surface area (Å²) in [6.45, 7) is 1.27. The number of carbonyl (C=O) groups is 3. The maximum Gasteiger partial charge on any atom is 0.339 e. The lowest BCUT2D eigenvalue weighted by molar-refractivity contribution is -0.925.